The van der Waals surface area contributed by atoms with Crippen molar-refractivity contribution >= 4 is 16.0 Å². The highest BCUT2D eigenvalue weighted by Crippen LogP contribution is 2.04. The van der Waals surface area contributed by atoms with Crippen LogP contribution >= 0.6 is 0 Å². The minimum absolute atomic E-state index is 0.261. The number of hydrazine groups is 1. The fraction of sp³-hybridized carbons (Fsp3) is 0.900. The molecule has 0 rings (SSSR count). The van der Waals surface area contributed by atoms with E-state index >= 15 is 0 Å². The molecule has 0 radical (unpaired) electrons. The molecule has 19 heavy (non-hydrogen) atoms. The highest BCUT2D eigenvalue weighted by Gasteiger charge is 2.21. The lowest BCUT2D eigenvalue weighted by atomic mass is 10.1. The van der Waals surface area contributed by atoms with Crippen LogP contribution in [0.2, 0.25) is 0 Å². The molecule has 0 saturated heterocycles. The third-order valence-corrected chi connectivity index (χ3v) is 2.97. The van der Waals surface area contributed by atoms with Crippen LogP contribution in [0.3, 0.4) is 0 Å². The van der Waals surface area contributed by atoms with Crippen molar-refractivity contribution in [2.24, 2.45) is 10.8 Å². The second kappa shape index (κ2) is 8.31. The van der Waals surface area contributed by atoms with E-state index in [2.05, 4.69) is 20.5 Å². The average Bonchev–Trinajstić information content (AvgIpc) is 2.25. The van der Waals surface area contributed by atoms with E-state index < -0.39 is 15.6 Å². The van der Waals surface area contributed by atoms with E-state index in [1.807, 2.05) is 0 Å². The average molecular weight is 295 g/mol. The summed E-state index contributed by atoms with van der Waals surface area (Å²) in [7, 11) is -1.63. The lowest BCUT2D eigenvalue weighted by molar-refractivity contribution is 0.195. The summed E-state index contributed by atoms with van der Waals surface area (Å²) in [5.74, 6) is 5.75. The molecule has 0 saturated carbocycles. The van der Waals surface area contributed by atoms with Crippen molar-refractivity contribution in [3.05, 3.63) is 0 Å². The SMILES string of the molecule is COCCCNC(=NCC(C)(C)NS(C)(=O)=O)NN. The molecule has 0 bridgehead atoms. The smallest absolute Gasteiger partial charge is 0.209 e. The van der Waals surface area contributed by atoms with Crippen LogP contribution in [-0.2, 0) is 14.8 Å². The van der Waals surface area contributed by atoms with E-state index in [9.17, 15) is 8.42 Å². The number of methoxy groups -OCH3 is 1. The van der Waals surface area contributed by atoms with Gasteiger partial charge in [0.25, 0.3) is 0 Å². The van der Waals surface area contributed by atoms with Crippen molar-refractivity contribution in [1.82, 2.24) is 15.5 Å². The molecule has 5 N–H and O–H groups in total. The molecule has 0 aliphatic carbocycles. The Bertz CT molecular complexity index is 381. The molecule has 0 fully saturated rings. The number of ether oxygens (including phenoxy) is 1. The van der Waals surface area contributed by atoms with Crippen LogP contribution in [0.5, 0.6) is 0 Å². The molecule has 0 aliphatic heterocycles. The van der Waals surface area contributed by atoms with Gasteiger partial charge in [0.1, 0.15) is 0 Å². The zero-order valence-corrected chi connectivity index (χ0v) is 12.8. The van der Waals surface area contributed by atoms with Crippen LogP contribution < -0.4 is 21.3 Å². The summed E-state index contributed by atoms with van der Waals surface area (Å²) in [5, 5.41) is 3.00. The van der Waals surface area contributed by atoms with Crippen molar-refractivity contribution in [3.63, 3.8) is 0 Å². The number of rotatable bonds is 8. The molecule has 9 heteroatoms. The zero-order valence-electron chi connectivity index (χ0n) is 12.0. The van der Waals surface area contributed by atoms with Gasteiger partial charge in [0, 0.05) is 25.8 Å². The molecule has 0 aromatic heterocycles. The second-order valence-electron chi connectivity index (χ2n) is 4.84. The van der Waals surface area contributed by atoms with Gasteiger partial charge in [-0.25, -0.2) is 19.0 Å². The Kier molecular flexibility index (Phi) is 7.91. The van der Waals surface area contributed by atoms with Gasteiger partial charge < -0.3 is 10.1 Å². The molecule has 8 nitrogen and oxygen atoms in total. The van der Waals surface area contributed by atoms with Crippen molar-refractivity contribution in [2.75, 3.05) is 33.1 Å². The monoisotopic (exact) mass is 295 g/mol. The molecular formula is C10H25N5O3S. The summed E-state index contributed by atoms with van der Waals surface area (Å²) < 4.78 is 29.8. The first-order valence-electron chi connectivity index (χ1n) is 5.93. The summed E-state index contributed by atoms with van der Waals surface area (Å²) in [5.41, 5.74) is 1.76. The molecule has 0 aromatic carbocycles. The highest BCUT2D eigenvalue weighted by molar-refractivity contribution is 7.88. The number of aliphatic imine (C=N–C) groups is 1. The lowest BCUT2D eigenvalue weighted by Crippen LogP contribution is -2.47. The molecule has 0 aliphatic rings. The molecule has 0 aromatic rings. The molecular weight excluding hydrogens is 270 g/mol. The Morgan fingerprint density at radius 1 is 1.42 bits per heavy atom. The van der Waals surface area contributed by atoms with Gasteiger partial charge >= 0.3 is 0 Å². The second-order valence-corrected chi connectivity index (χ2v) is 6.59. The summed E-state index contributed by atoms with van der Waals surface area (Å²) in [6.07, 6.45) is 1.94. The molecule has 0 unspecified atom stereocenters. The van der Waals surface area contributed by atoms with Gasteiger partial charge in [0.15, 0.2) is 0 Å². The number of hydrogen-bond donors (Lipinski definition) is 4. The van der Waals surface area contributed by atoms with Gasteiger partial charge in [-0.15, -0.1) is 0 Å². The van der Waals surface area contributed by atoms with Crippen molar-refractivity contribution in [1.29, 1.82) is 0 Å². The van der Waals surface area contributed by atoms with Crippen LogP contribution in [-0.4, -0.2) is 53.0 Å². The number of nitrogens with one attached hydrogen (secondary N) is 3. The Balaban J connectivity index is 4.31. The molecule has 0 atom stereocenters. The van der Waals surface area contributed by atoms with Gasteiger partial charge in [-0.1, -0.05) is 0 Å². The minimum atomic E-state index is -3.27. The van der Waals surface area contributed by atoms with E-state index in [0.717, 1.165) is 12.7 Å². The Morgan fingerprint density at radius 2 is 2.05 bits per heavy atom. The maximum atomic E-state index is 11.2. The van der Waals surface area contributed by atoms with E-state index in [1.54, 1.807) is 21.0 Å². The lowest BCUT2D eigenvalue weighted by Gasteiger charge is -2.23. The summed E-state index contributed by atoms with van der Waals surface area (Å²) in [6.45, 7) is 5.06. The quantitative estimate of drug-likeness (QED) is 0.146. The Morgan fingerprint density at radius 3 is 2.53 bits per heavy atom. The van der Waals surface area contributed by atoms with Gasteiger partial charge in [0.2, 0.25) is 16.0 Å². The third-order valence-electron chi connectivity index (χ3n) is 2.05. The maximum Gasteiger partial charge on any atom is 0.209 e. The van der Waals surface area contributed by atoms with Gasteiger partial charge in [-0.2, -0.15) is 0 Å². The molecule has 114 valence electrons. The molecule has 0 heterocycles. The van der Waals surface area contributed by atoms with Crippen LogP contribution in [0.1, 0.15) is 20.3 Å². The number of guanidine groups is 1. The topological polar surface area (TPSA) is 118 Å². The van der Waals surface area contributed by atoms with E-state index in [0.29, 0.717) is 19.1 Å². The van der Waals surface area contributed by atoms with E-state index in [-0.39, 0.29) is 6.54 Å². The fourth-order valence-corrected chi connectivity index (χ4v) is 2.46. The van der Waals surface area contributed by atoms with E-state index in [1.165, 1.54) is 0 Å². The van der Waals surface area contributed by atoms with Gasteiger partial charge in [-0.05, 0) is 20.3 Å². The number of hydrogen-bond acceptors (Lipinski definition) is 5. The summed E-state index contributed by atoms with van der Waals surface area (Å²) in [4.78, 5) is 4.20. The number of nitrogens with zero attached hydrogens (tertiary/aromatic N) is 1. The van der Waals surface area contributed by atoms with Crippen molar-refractivity contribution < 1.29 is 13.2 Å². The third kappa shape index (κ3) is 10.7. The zero-order chi connectivity index (χ0) is 14.9. The standard InChI is InChI=1S/C10H25N5O3S/c1-10(2,15-19(4,16)17)8-13-9(14-11)12-6-5-7-18-3/h15H,5-8,11H2,1-4H3,(H2,12,13,14). The maximum absolute atomic E-state index is 11.2. The Labute approximate surface area is 115 Å². The first-order valence-corrected chi connectivity index (χ1v) is 7.82. The van der Waals surface area contributed by atoms with Gasteiger partial charge in [0.05, 0.1) is 12.8 Å². The molecule has 0 amide bonds. The summed E-state index contributed by atoms with van der Waals surface area (Å²) in [6, 6.07) is 0. The first kappa shape index (κ1) is 18.1. The predicted octanol–water partition coefficient (Wildman–Crippen LogP) is -1.24. The van der Waals surface area contributed by atoms with Crippen LogP contribution in [0.15, 0.2) is 4.99 Å². The number of nitrogens with two attached hydrogens (primary N) is 1. The van der Waals surface area contributed by atoms with Crippen molar-refractivity contribution in [3.8, 4) is 0 Å². The van der Waals surface area contributed by atoms with Crippen LogP contribution in [0, 0.1) is 0 Å². The molecule has 0 spiro atoms. The minimum Gasteiger partial charge on any atom is -0.385 e. The van der Waals surface area contributed by atoms with Crippen LogP contribution in [0.4, 0.5) is 0 Å². The van der Waals surface area contributed by atoms with Crippen LogP contribution in [0.25, 0.3) is 0 Å². The Hall–Kier alpha value is -0.900. The fourth-order valence-electron chi connectivity index (χ4n) is 1.39. The normalized spacial score (nSPS) is 13.4. The van der Waals surface area contributed by atoms with Crippen molar-refractivity contribution in [2.45, 2.75) is 25.8 Å². The highest BCUT2D eigenvalue weighted by atomic mass is 32.2. The van der Waals surface area contributed by atoms with Gasteiger partial charge in [-0.3, -0.25) is 10.4 Å². The van der Waals surface area contributed by atoms with E-state index in [4.69, 9.17) is 10.6 Å². The first-order chi connectivity index (χ1) is 8.70. The largest absolute Gasteiger partial charge is 0.385 e. The predicted molar refractivity (Wildman–Crippen MR) is 76.2 cm³/mol. The summed E-state index contributed by atoms with van der Waals surface area (Å²) >= 11 is 0. The number of sulfonamides is 1.